The molecular weight excluding hydrogens is 253 g/mol. The number of halogens is 2. The minimum absolute atomic E-state index is 0.360. The van der Waals surface area contributed by atoms with Crippen LogP contribution in [0.15, 0.2) is 17.3 Å². The van der Waals surface area contributed by atoms with E-state index >= 15 is 0 Å². The molecule has 0 aliphatic rings. The molecule has 0 bridgehead atoms. The maximum absolute atomic E-state index is 10.5. The van der Waals surface area contributed by atoms with Crippen LogP contribution in [0.25, 0.3) is 0 Å². The second-order valence-electron chi connectivity index (χ2n) is 2.83. The quantitative estimate of drug-likeness (QED) is 0.478. The van der Waals surface area contributed by atoms with Crippen LogP contribution in [-0.2, 0) is 9.63 Å². The molecule has 0 aliphatic carbocycles. The molecule has 1 aromatic carbocycles. The van der Waals surface area contributed by atoms with Gasteiger partial charge in [0.15, 0.2) is 0 Å². The molecule has 0 atom stereocenters. The molecule has 0 N–H and O–H groups in total. The van der Waals surface area contributed by atoms with Gasteiger partial charge in [0.25, 0.3) is 0 Å². The fourth-order valence-electron chi connectivity index (χ4n) is 1.05. The third-order valence-corrected chi connectivity index (χ3v) is 2.11. The molecule has 0 amide bonds. The maximum Gasteiger partial charge on any atom is 0.331 e. The van der Waals surface area contributed by atoms with Gasteiger partial charge >= 0.3 is 5.97 Å². The molecule has 0 heterocycles. The molecule has 6 heteroatoms. The molecule has 0 aliphatic heterocycles. The molecule has 0 fully saturated rings. The van der Waals surface area contributed by atoms with Gasteiger partial charge in [0.05, 0.1) is 18.3 Å². The SMILES string of the molecule is COc1c(Cl)cc(Cl)cc1/C=N/OC(C)=O. The van der Waals surface area contributed by atoms with Gasteiger partial charge in [-0.2, -0.15) is 0 Å². The summed E-state index contributed by atoms with van der Waals surface area (Å²) in [5, 5.41) is 4.26. The maximum atomic E-state index is 10.5. The normalized spacial score (nSPS) is 10.5. The summed E-state index contributed by atoms with van der Waals surface area (Å²) in [5.74, 6) is -0.0923. The summed E-state index contributed by atoms with van der Waals surface area (Å²) in [6.45, 7) is 1.25. The van der Waals surface area contributed by atoms with E-state index in [1.54, 1.807) is 12.1 Å². The van der Waals surface area contributed by atoms with Crippen molar-refractivity contribution in [3.8, 4) is 5.75 Å². The topological polar surface area (TPSA) is 47.9 Å². The second-order valence-corrected chi connectivity index (χ2v) is 3.67. The Morgan fingerprint density at radius 1 is 1.44 bits per heavy atom. The Labute approximate surface area is 103 Å². The zero-order chi connectivity index (χ0) is 12.1. The number of oxime groups is 1. The first-order chi connectivity index (χ1) is 7.54. The highest BCUT2D eigenvalue weighted by Crippen LogP contribution is 2.31. The van der Waals surface area contributed by atoms with Crippen molar-refractivity contribution >= 4 is 35.4 Å². The molecule has 86 valence electrons. The Morgan fingerprint density at radius 2 is 2.12 bits per heavy atom. The van der Waals surface area contributed by atoms with Gasteiger partial charge in [-0.3, -0.25) is 0 Å². The first-order valence-electron chi connectivity index (χ1n) is 4.28. The summed E-state index contributed by atoms with van der Waals surface area (Å²) in [6.07, 6.45) is 1.30. The van der Waals surface area contributed by atoms with Gasteiger partial charge in [0.1, 0.15) is 5.75 Å². The Bertz CT molecular complexity index is 432. The summed E-state index contributed by atoms with van der Waals surface area (Å²) < 4.78 is 5.07. The Balaban J connectivity index is 3.02. The van der Waals surface area contributed by atoms with Gasteiger partial charge in [-0.1, -0.05) is 28.4 Å². The predicted molar refractivity (Wildman–Crippen MR) is 62.4 cm³/mol. The van der Waals surface area contributed by atoms with E-state index in [0.717, 1.165) is 0 Å². The third-order valence-electron chi connectivity index (χ3n) is 1.61. The van der Waals surface area contributed by atoms with E-state index in [9.17, 15) is 4.79 Å². The van der Waals surface area contributed by atoms with E-state index in [0.29, 0.717) is 21.4 Å². The second kappa shape index (κ2) is 5.72. The largest absolute Gasteiger partial charge is 0.495 e. The summed E-state index contributed by atoms with van der Waals surface area (Å²) >= 11 is 11.7. The van der Waals surface area contributed by atoms with E-state index < -0.39 is 5.97 Å². The van der Waals surface area contributed by atoms with Crippen LogP contribution in [0.4, 0.5) is 0 Å². The number of hydrogen-bond acceptors (Lipinski definition) is 4. The minimum Gasteiger partial charge on any atom is -0.495 e. The number of benzene rings is 1. The Hall–Kier alpha value is -1.26. The highest BCUT2D eigenvalue weighted by Gasteiger charge is 2.08. The number of methoxy groups -OCH3 is 1. The molecule has 0 spiro atoms. The molecule has 0 unspecified atom stereocenters. The Kier molecular flexibility index (Phi) is 4.58. The molecular formula is C10H9Cl2NO3. The number of rotatable bonds is 3. The number of hydrogen-bond donors (Lipinski definition) is 0. The van der Waals surface area contributed by atoms with Crippen molar-refractivity contribution in [1.29, 1.82) is 0 Å². The van der Waals surface area contributed by atoms with Gasteiger partial charge in [-0.15, -0.1) is 0 Å². The van der Waals surface area contributed by atoms with Crippen LogP contribution in [0.5, 0.6) is 5.75 Å². The van der Waals surface area contributed by atoms with Gasteiger partial charge in [0.2, 0.25) is 0 Å². The van der Waals surface area contributed by atoms with Gasteiger partial charge in [-0.25, -0.2) is 4.79 Å². The van der Waals surface area contributed by atoms with E-state index in [1.807, 2.05) is 0 Å². The smallest absolute Gasteiger partial charge is 0.331 e. The van der Waals surface area contributed by atoms with E-state index in [-0.39, 0.29) is 0 Å². The van der Waals surface area contributed by atoms with Gasteiger partial charge in [-0.05, 0) is 12.1 Å². The lowest BCUT2D eigenvalue weighted by molar-refractivity contribution is -0.140. The van der Waals surface area contributed by atoms with Crippen molar-refractivity contribution < 1.29 is 14.4 Å². The van der Waals surface area contributed by atoms with Crippen molar-refractivity contribution in [3.05, 3.63) is 27.7 Å². The molecule has 16 heavy (non-hydrogen) atoms. The summed E-state index contributed by atoms with van der Waals surface area (Å²) in [5.41, 5.74) is 0.529. The van der Waals surface area contributed by atoms with Gasteiger partial charge < -0.3 is 9.57 Å². The van der Waals surface area contributed by atoms with E-state index in [2.05, 4.69) is 9.99 Å². The van der Waals surface area contributed by atoms with Crippen molar-refractivity contribution in [1.82, 2.24) is 0 Å². The van der Waals surface area contributed by atoms with Crippen LogP contribution in [0.1, 0.15) is 12.5 Å². The fraction of sp³-hybridized carbons (Fsp3) is 0.200. The summed E-state index contributed by atoms with van der Waals surface area (Å²) in [7, 11) is 1.47. The summed E-state index contributed by atoms with van der Waals surface area (Å²) in [6, 6.07) is 3.14. The van der Waals surface area contributed by atoms with Crippen LogP contribution >= 0.6 is 23.2 Å². The van der Waals surface area contributed by atoms with Crippen molar-refractivity contribution in [2.45, 2.75) is 6.92 Å². The zero-order valence-electron chi connectivity index (χ0n) is 8.66. The monoisotopic (exact) mass is 261 g/mol. The Morgan fingerprint density at radius 3 is 2.69 bits per heavy atom. The van der Waals surface area contributed by atoms with Crippen molar-refractivity contribution in [2.75, 3.05) is 7.11 Å². The van der Waals surface area contributed by atoms with Crippen LogP contribution in [0.3, 0.4) is 0 Å². The lowest BCUT2D eigenvalue weighted by Crippen LogP contribution is -1.95. The number of ether oxygens (including phenoxy) is 1. The number of nitrogens with zero attached hydrogens (tertiary/aromatic N) is 1. The zero-order valence-corrected chi connectivity index (χ0v) is 10.2. The first-order valence-corrected chi connectivity index (χ1v) is 5.04. The summed E-state index contributed by atoms with van der Waals surface area (Å²) in [4.78, 5) is 14.9. The van der Waals surface area contributed by atoms with Gasteiger partial charge in [0, 0.05) is 17.5 Å². The van der Waals surface area contributed by atoms with Crippen LogP contribution in [0, 0.1) is 0 Å². The van der Waals surface area contributed by atoms with Crippen LogP contribution in [0.2, 0.25) is 10.0 Å². The third kappa shape index (κ3) is 3.40. The molecule has 0 radical (unpaired) electrons. The van der Waals surface area contributed by atoms with Crippen LogP contribution in [-0.4, -0.2) is 19.3 Å². The highest BCUT2D eigenvalue weighted by molar-refractivity contribution is 6.36. The molecule has 0 aromatic heterocycles. The first kappa shape index (κ1) is 12.8. The molecule has 0 saturated heterocycles. The fourth-order valence-corrected chi connectivity index (χ4v) is 1.64. The molecule has 1 rings (SSSR count). The molecule has 1 aromatic rings. The highest BCUT2D eigenvalue weighted by atomic mass is 35.5. The lowest BCUT2D eigenvalue weighted by Gasteiger charge is -2.06. The lowest BCUT2D eigenvalue weighted by atomic mass is 10.2. The standard InChI is InChI=1S/C10H9Cl2NO3/c1-6(14)16-13-5-7-3-8(11)4-9(12)10(7)15-2/h3-5H,1-2H3/b13-5+. The molecule has 0 saturated carbocycles. The van der Waals surface area contributed by atoms with Crippen molar-refractivity contribution in [3.63, 3.8) is 0 Å². The average Bonchev–Trinajstić information content (AvgIpc) is 2.16. The molecule has 4 nitrogen and oxygen atoms in total. The van der Waals surface area contributed by atoms with Crippen LogP contribution < -0.4 is 4.74 Å². The van der Waals surface area contributed by atoms with E-state index in [4.69, 9.17) is 27.9 Å². The predicted octanol–water partition coefficient (Wildman–Crippen LogP) is 2.90. The number of carbonyl (C=O) groups is 1. The average molecular weight is 262 g/mol. The number of carbonyl (C=O) groups excluding carboxylic acids is 1. The minimum atomic E-state index is -0.511. The van der Waals surface area contributed by atoms with E-state index in [1.165, 1.54) is 20.2 Å². The van der Waals surface area contributed by atoms with Crippen molar-refractivity contribution in [2.24, 2.45) is 5.16 Å².